The molecule has 19 heteroatoms. The molecule has 3 aliphatic heterocycles. The summed E-state index contributed by atoms with van der Waals surface area (Å²) in [5, 5.41) is 121. The Morgan fingerprint density at radius 2 is 0.681 bits per heavy atom. The van der Waals surface area contributed by atoms with Crippen LogP contribution in [0.15, 0.2) is 24.3 Å². The van der Waals surface area contributed by atoms with Crippen molar-refractivity contribution in [2.75, 3.05) is 26.4 Å². The molecule has 3 heterocycles. The number of carbonyl (C=O) groups is 1. The molecule has 0 aromatic carbocycles. The third-order valence-electron chi connectivity index (χ3n) is 19.5. The van der Waals surface area contributed by atoms with E-state index in [1.165, 1.54) is 244 Å². The summed E-state index contributed by atoms with van der Waals surface area (Å²) >= 11 is 0. The van der Waals surface area contributed by atoms with Crippen LogP contribution < -0.4 is 5.32 Å². The summed E-state index contributed by atoms with van der Waals surface area (Å²) in [4.78, 5) is 13.4. The van der Waals surface area contributed by atoms with Gasteiger partial charge in [-0.3, -0.25) is 4.79 Å². The Hall–Kier alpha value is -1.73. The van der Waals surface area contributed by atoms with Gasteiger partial charge < -0.3 is 89.9 Å². The van der Waals surface area contributed by atoms with Gasteiger partial charge in [-0.1, -0.05) is 301 Å². The average molecular weight is 1340 g/mol. The lowest BCUT2D eigenvalue weighted by molar-refractivity contribution is -0.379. The van der Waals surface area contributed by atoms with Crippen molar-refractivity contribution in [3.8, 4) is 0 Å². The van der Waals surface area contributed by atoms with Crippen molar-refractivity contribution in [2.24, 2.45) is 0 Å². The number of aliphatic hydroxyl groups excluding tert-OH is 11. The third kappa shape index (κ3) is 37.6. The van der Waals surface area contributed by atoms with E-state index in [0.717, 1.165) is 38.5 Å². The minimum absolute atomic E-state index is 0.241. The second-order valence-electron chi connectivity index (χ2n) is 27.8. The van der Waals surface area contributed by atoms with Gasteiger partial charge >= 0.3 is 0 Å². The van der Waals surface area contributed by atoms with Gasteiger partial charge in [0.2, 0.25) is 5.91 Å². The number of hydrogen-bond donors (Lipinski definition) is 12. The highest BCUT2D eigenvalue weighted by molar-refractivity contribution is 5.76. The van der Waals surface area contributed by atoms with Gasteiger partial charge in [0.1, 0.15) is 73.2 Å². The maximum Gasteiger partial charge on any atom is 0.220 e. The minimum atomic E-state index is -1.98. The van der Waals surface area contributed by atoms with E-state index in [1.807, 2.05) is 6.08 Å². The molecule has 0 aliphatic carbocycles. The topological polar surface area (TPSA) is 307 Å². The van der Waals surface area contributed by atoms with E-state index in [1.54, 1.807) is 6.08 Å². The smallest absolute Gasteiger partial charge is 0.220 e. The number of amides is 1. The fourth-order valence-corrected chi connectivity index (χ4v) is 13.3. The molecule has 0 saturated carbocycles. The highest BCUT2D eigenvalue weighted by Gasteiger charge is 2.53. The standard InChI is InChI=1S/C75H141NO18/c1-3-5-7-9-11-13-15-17-19-21-23-24-25-26-27-28-29-30-31-32-33-34-35-37-39-41-43-45-47-49-51-53-63(81)76-58(59(80)52-50-48-46-44-42-40-38-36-22-20-18-16-14-12-10-8-6-4-2)57-89-73-69(87)66(84)71(61(55-78)91-73)94-75-70(88)67(85)72(62(56-79)92-75)93-74-68(86)65(83)64(82)60(54-77)90-74/h42,44,50,52,58-62,64-75,77-80,82-88H,3-41,43,45-49,51,53-57H2,1-2H3,(H,76,81)/b44-42+,52-50+. The molecule has 17 atom stereocenters. The van der Waals surface area contributed by atoms with Crippen molar-refractivity contribution in [2.45, 2.75) is 420 Å². The van der Waals surface area contributed by atoms with E-state index in [9.17, 15) is 61.0 Å². The van der Waals surface area contributed by atoms with Crippen LogP contribution in [0, 0.1) is 0 Å². The maximum absolute atomic E-state index is 13.4. The van der Waals surface area contributed by atoms with Crippen LogP contribution in [0.5, 0.6) is 0 Å². The van der Waals surface area contributed by atoms with Gasteiger partial charge in [0.25, 0.3) is 0 Å². The molecule has 94 heavy (non-hydrogen) atoms. The first-order valence-corrected chi connectivity index (χ1v) is 38.6. The lowest BCUT2D eigenvalue weighted by Gasteiger charge is -2.48. The zero-order valence-corrected chi connectivity index (χ0v) is 59.0. The summed E-state index contributed by atoms with van der Waals surface area (Å²) in [6, 6.07) is -0.987. The molecule has 0 spiro atoms. The van der Waals surface area contributed by atoms with Crippen LogP contribution in [0.1, 0.15) is 316 Å². The van der Waals surface area contributed by atoms with Crippen LogP contribution in [0.2, 0.25) is 0 Å². The first kappa shape index (κ1) is 86.5. The fourth-order valence-electron chi connectivity index (χ4n) is 13.3. The van der Waals surface area contributed by atoms with Crippen molar-refractivity contribution in [3.63, 3.8) is 0 Å². The molecular weight excluding hydrogens is 1200 g/mol. The SMILES string of the molecule is CCCCCCCCCCCCCC/C=C/CC/C=C/C(O)C(COC1OC(CO)C(OC2OC(CO)C(OC3OC(CO)C(O)C(O)C3O)C(O)C2O)C(O)C1O)NC(=O)CCCCCCCCCCCCCCCCCCCCCCCCCCCCCCCCC. The molecule has 12 N–H and O–H groups in total. The van der Waals surface area contributed by atoms with Gasteiger partial charge in [0.05, 0.1) is 38.6 Å². The number of allylic oxidation sites excluding steroid dienone is 3. The zero-order chi connectivity index (χ0) is 68.2. The summed E-state index contributed by atoms with van der Waals surface area (Å²) in [5.74, 6) is -0.278. The Morgan fingerprint density at radius 1 is 0.372 bits per heavy atom. The maximum atomic E-state index is 13.4. The Bertz CT molecular complexity index is 1800. The second-order valence-corrected chi connectivity index (χ2v) is 27.8. The molecule has 3 fully saturated rings. The third-order valence-corrected chi connectivity index (χ3v) is 19.5. The Labute approximate surface area is 568 Å². The van der Waals surface area contributed by atoms with Crippen LogP contribution in [-0.2, 0) is 33.2 Å². The van der Waals surface area contributed by atoms with Gasteiger partial charge in [0.15, 0.2) is 18.9 Å². The number of carbonyl (C=O) groups excluding carboxylic acids is 1. The van der Waals surface area contributed by atoms with E-state index in [-0.39, 0.29) is 18.9 Å². The highest BCUT2D eigenvalue weighted by Crippen LogP contribution is 2.33. The van der Waals surface area contributed by atoms with Crippen molar-refractivity contribution in [3.05, 3.63) is 24.3 Å². The number of nitrogens with one attached hydrogen (secondary N) is 1. The van der Waals surface area contributed by atoms with E-state index < -0.39 is 124 Å². The Kier molecular flexibility index (Phi) is 52.4. The highest BCUT2D eigenvalue weighted by atomic mass is 16.8. The van der Waals surface area contributed by atoms with Gasteiger partial charge in [0, 0.05) is 6.42 Å². The van der Waals surface area contributed by atoms with Crippen LogP contribution in [0.3, 0.4) is 0 Å². The number of unbranched alkanes of at least 4 members (excludes halogenated alkanes) is 43. The summed E-state index contributed by atoms with van der Waals surface area (Å²) in [6.07, 6.45) is 40.4. The summed E-state index contributed by atoms with van der Waals surface area (Å²) in [6.45, 7) is 1.76. The zero-order valence-electron chi connectivity index (χ0n) is 59.0. The van der Waals surface area contributed by atoms with Gasteiger partial charge in [-0.25, -0.2) is 0 Å². The van der Waals surface area contributed by atoms with Crippen LogP contribution >= 0.6 is 0 Å². The first-order valence-electron chi connectivity index (χ1n) is 38.6. The van der Waals surface area contributed by atoms with Crippen LogP contribution in [0.25, 0.3) is 0 Å². The predicted octanol–water partition coefficient (Wildman–Crippen LogP) is 11.8. The van der Waals surface area contributed by atoms with E-state index in [4.69, 9.17) is 28.4 Å². The quantitative estimate of drug-likeness (QED) is 0.0199. The molecule has 3 aliphatic rings. The van der Waals surface area contributed by atoms with E-state index in [0.29, 0.717) is 12.8 Å². The van der Waals surface area contributed by atoms with E-state index >= 15 is 0 Å². The molecule has 3 saturated heterocycles. The van der Waals surface area contributed by atoms with Crippen LogP contribution in [0.4, 0.5) is 0 Å². The molecule has 19 nitrogen and oxygen atoms in total. The first-order chi connectivity index (χ1) is 45.8. The van der Waals surface area contributed by atoms with Crippen molar-refractivity contribution in [1.82, 2.24) is 5.32 Å². The number of hydrogen-bond acceptors (Lipinski definition) is 18. The van der Waals surface area contributed by atoms with Crippen LogP contribution in [-0.4, -0.2) is 193 Å². The Balaban J connectivity index is 1.37. The average Bonchev–Trinajstić information content (AvgIpc) is 0.787. The van der Waals surface area contributed by atoms with Gasteiger partial charge in [-0.15, -0.1) is 0 Å². The molecule has 0 bridgehead atoms. The Morgan fingerprint density at radius 3 is 1.06 bits per heavy atom. The lowest BCUT2D eigenvalue weighted by atomic mass is 9.96. The summed E-state index contributed by atoms with van der Waals surface area (Å²) in [5.41, 5.74) is 0. The molecule has 3 rings (SSSR count). The van der Waals surface area contributed by atoms with E-state index in [2.05, 4.69) is 31.3 Å². The van der Waals surface area contributed by atoms with Gasteiger partial charge in [-0.05, 0) is 32.1 Å². The van der Waals surface area contributed by atoms with Crippen molar-refractivity contribution < 1.29 is 89.4 Å². The largest absolute Gasteiger partial charge is 0.394 e. The molecule has 1 amide bonds. The predicted molar refractivity (Wildman–Crippen MR) is 370 cm³/mol. The summed E-state index contributed by atoms with van der Waals surface area (Å²) < 4.78 is 34.4. The van der Waals surface area contributed by atoms with Crippen molar-refractivity contribution in [1.29, 1.82) is 0 Å². The number of aliphatic hydroxyl groups is 11. The number of ether oxygens (including phenoxy) is 6. The fraction of sp³-hybridized carbons (Fsp3) is 0.933. The normalized spacial score (nSPS) is 27.4. The second kappa shape index (κ2) is 57.0. The monoisotopic (exact) mass is 1340 g/mol. The summed E-state index contributed by atoms with van der Waals surface area (Å²) in [7, 11) is 0. The lowest BCUT2D eigenvalue weighted by Crippen LogP contribution is -2.66. The molecule has 0 aromatic heterocycles. The molecule has 0 aromatic rings. The minimum Gasteiger partial charge on any atom is -0.394 e. The molecule has 0 radical (unpaired) electrons. The van der Waals surface area contributed by atoms with Crippen molar-refractivity contribution >= 4 is 5.91 Å². The molecule has 17 unspecified atom stereocenters. The molecule has 554 valence electrons. The molecular formula is C75H141NO18. The van der Waals surface area contributed by atoms with Gasteiger partial charge in [-0.2, -0.15) is 0 Å². The number of rotatable bonds is 61.